The quantitative estimate of drug-likeness (QED) is 0.145. The minimum Gasteiger partial charge on any atom is -0.465 e. The van der Waals surface area contributed by atoms with Crippen LogP contribution in [0.5, 0.6) is 5.75 Å². The number of aliphatic hydroxyl groups excluding tert-OH is 1. The normalized spacial score (nSPS) is 24.6. The van der Waals surface area contributed by atoms with E-state index in [9.17, 15) is 9.90 Å². The molecule has 5 N–H and O–H groups in total. The van der Waals surface area contributed by atoms with E-state index in [2.05, 4.69) is 25.4 Å². The van der Waals surface area contributed by atoms with Crippen LogP contribution in [0.25, 0.3) is 11.2 Å². The first-order chi connectivity index (χ1) is 19.0. The maximum atomic E-state index is 16.2. The van der Waals surface area contributed by atoms with Gasteiger partial charge in [0.25, 0.3) is 0 Å². The van der Waals surface area contributed by atoms with Gasteiger partial charge in [-0.1, -0.05) is 24.1 Å². The second kappa shape index (κ2) is 12.0. The predicted molar refractivity (Wildman–Crippen MR) is 148 cm³/mol. The molecule has 0 bridgehead atoms. The Morgan fingerprint density at radius 2 is 2.15 bits per heavy atom. The predicted octanol–water partition coefficient (Wildman–Crippen LogP) is 1.91. The number of terminal acetylenes is 1. The molecule has 0 amide bonds. The van der Waals surface area contributed by atoms with Gasteiger partial charge < -0.3 is 34.7 Å². The van der Waals surface area contributed by atoms with Gasteiger partial charge in [0, 0.05) is 7.05 Å². The lowest BCUT2D eigenvalue weighted by atomic mass is 9.97. The van der Waals surface area contributed by atoms with E-state index in [-0.39, 0.29) is 23.7 Å². The third-order valence-corrected chi connectivity index (χ3v) is 8.46. The molecule has 214 valence electrons. The highest BCUT2D eigenvalue weighted by molar-refractivity contribution is 8.09. The minimum atomic E-state index is -3.49. The van der Waals surface area contributed by atoms with Crippen LogP contribution in [-0.2, 0) is 30.6 Å². The Bertz CT molecular complexity index is 1460. The fourth-order valence-electron chi connectivity index (χ4n) is 4.03. The number of anilines is 2. The first-order valence-corrected chi connectivity index (χ1v) is 14.8. The summed E-state index contributed by atoms with van der Waals surface area (Å²) in [6.07, 6.45) is 2.12. The number of ether oxygens (including phenoxy) is 2. The number of nitrogens with two attached hydrogens (primary N) is 1. The molecule has 3 aromatic rings. The van der Waals surface area contributed by atoms with Crippen molar-refractivity contribution in [2.75, 3.05) is 31.3 Å². The molecule has 1 fully saturated rings. The number of nitrogens with zero attached hydrogens (tertiary/aromatic N) is 4. The monoisotopic (exact) mass is 593 g/mol. The maximum Gasteiger partial charge on any atom is 0.323 e. The van der Waals surface area contributed by atoms with E-state index < -0.39 is 49.4 Å². The van der Waals surface area contributed by atoms with Crippen molar-refractivity contribution in [1.29, 1.82) is 0 Å². The zero-order chi connectivity index (χ0) is 29.1. The molecule has 1 aliphatic heterocycles. The average Bonchev–Trinajstić information content (AvgIpc) is 3.46. The summed E-state index contributed by atoms with van der Waals surface area (Å²) in [6, 6.07) is 7.65. The summed E-state index contributed by atoms with van der Waals surface area (Å²) in [7, 11) is 1.61. The second-order valence-electron chi connectivity index (χ2n) is 8.69. The molecular weight excluding hydrogens is 564 g/mol. The van der Waals surface area contributed by atoms with Crippen molar-refractivity contribution in [2.45, 2.75) is 44.0 Å². The topological polar surface area (TPSA) is 168 Å². The van der Waals surface area contributed by atoms with Gasteiger partial charge in [0.1, 0.15) is 24.0 Å². The second-order valence-corrected chi connectivity index (χ2v) is 11.8. The van der Waals surface area contributed by atoms with Crippen molar-refractivity contribution in [1.82, 2.24) is 24.6 Å². The van der Waals surface area contributed by atoms with Crippen LogP contribution in [0.2, 0.25) is 0 Å². The molecule has 16 heteroatoms. The van der Waals surface area contributed by atoms with Crippen LogP contribution in [-0.4, -0.2) is 74.8 Å². The number of imidazole rings is 1. The molecule has 0 spiro atoms. The SMILES string of the molecule is C#C[C@@]1(F)[C@H](O)[C@@H](CO[P@@](=S)(N[C@H](C)C(=O)OCC)Oc2ccccc2)O[C@H]1n1cnc2c(NC)nc(N)nc21. The number of halogens is 1. The van der Waals surface area contributed by atoms with Gasteiger partial charge in [0.2, 0.25) is 11.6 Å². The molecule has 13 nitrogen and oxygen atoms in total. The van der Waals surface area contributed by atoms with E-state index >= 15 is 4.39 Å². The first-order valence-electron chi connectivity index (χ1n) is 12.2. The number of carbonyl (C=O) groups is 1. The molecule has 1 saturated heterocycles. The zero-order valence-corrected chi connectivity index (χ0v) is 23.6. The number of hydrogen-bond donors (Lipinski definition) is 4. The van der Waals surface area contributed by atoms with Gasteiger partial charge in [-0.15, -0.1) is 6.42 Å². The molecule has 0 unspecified atom stereocenters. The lowest BCUT2D eigenvalue weighted by molar-refractivity contribution is -0.144. The molecule has 1 aromatic carbocycles. The van der Waals surface area contributed by atoms with E-state index in [1.807, 2.05) is 5.92 Å². The summed E-state index contributed by atoms with van der Waals surface area (Å²) in [6.45, 7) is -0.555. The smallest absolute Gasteiger partial charge is 0.323 e. The molecule has 6 atom stereocenters. The van der Waals surface area contributed by atoms with Gasteiger partial charge in [-0.25, -0.2) is 14.5 Å². The minimum absolute atomic E-state index is 0.0947. The number of benzene rings is 1. The van der Waals surface area contributed by atoms with Crippen LogP contribution < -0.4 is 20.7 Å². The van der Waals surface area contributed by atoms with Crippen LogP contribution in [0.4, 0.5) is 16.2 Å². The molecule has 0 saturated carbocycles. The lowest BCUT2D eigenvalue weighted by Gasteiger charge is -2.27. The number of fused-ring (bicyclic) bond motifs is 1. The van der Waals surface area contributed by atoms with E-state index in [1.165, 1.54) is 17.8 Å². The standard InChI is InChI=1S/C24H29FN7O6PS/c1-5-24(25)18(33)16(37-22(24)32-13-28-17-19(27-4)29-23(26)30-20(17)32)12-36-39(40,31-14(3)21(34)35-6-2)38-15-10-8-7-9-11-15/h1,7-11,13-14,16,18,22,33H,6,12H2,2-4H3,(H,31,40)(H3,26,27,29,30)/t14-,16-,18-,22-,24-,39+/m1/s1. The van der Waals surface area contributed by atoms with Crippen molar-refractivity contribution in [3.63, 3.8) is 0 Å². The number of alkyl halides is 1. The zero-order valence-electron chi connectivity index (χ0n) is 21.9. The Kier molecular flexibility index (Phi) is 8.89. The third kappa shape index (κ3) is 5.87. The highest BCUT2D eigenvalue weighted by atomic mass is 32.5. The van der Waals surface area contributed by atoms with Crippen molar-refractivity contribution in [3.05, 3.63) is 36.7 Å². The number of aliphatic hydroxyl groups is 1. The molecule has 3 heterocycles. The van der Waals surface area contributed by atoms with E-state index in [0.717, 1.165) is 0 Å². The Morgan fingerprint density at radius 3 is 2.80 bits per heavy atom. The fourth-order valence-corrected chi connectivity index (χ4v) is 6.45. The number of nitrogens with one attached hydrogen (secondary N) is 2. The number of esters is 1. The van der Waals surface area contributed by atoms with E-state index in [0.29, 0.717) is 11.6 Å². The third-order valence-electron chi connectivity index (χ3n) is 5.96. The number of nitrogen functional groups attached to an aromatic ring is 1. The van der Waals surface area contributed by atoms with Gasteiger partial charge in [0.15, 0.2) is 23.2 Å². The Balaban J connectivity index is 1.60. The summed E-state index contributed by atoms with van der Waals surface area (Å²) in [5.74, 6) is 2.02. The van der Waals surface area contributed by atoms with Crippen LogP contribution in [0, 0.1) is 12.3 Å². The summed E-state index contributed by atoms with van der Waals surface area (Å²) < 4.78 is 40.2. The summed E-state index contributed by atoms with van der Waals surface area (Å²) >= 11 is 5.66. The Morgan fingerprint density at radius 1 is 1.43 bits per heavy atom. The molecule has 2 aromatic heterocycles. The summed E-state index contributed by atoms with van der Waals surface area (Å²) in [5.41, 5.74) is 3.52. The number of aromatic nitrogens is 4. The maximum absolute atomic E-state index is 16.2. The van der Waals surface area contributed by atoms with Gasteiger partial charge in [-0.3, -0.25) is 9.36 Å². The summed E-state index contributed by atoms with van der Waals surface area (Å²) in [5, 5.41) is 16.7. The number of hydrogen-bond acceptors (Lipinski definition) is 12. The van der Waals surface area contributed by atoms with Crippen LogP contribution in [0.1, 0.15) is 20.1 Å². The van der Waals surface area contributed by atoms with Gasteiger partial charge in [-0.2, -0.15) is 9.97 Å². The van der Waals surface area contributed by atoms with Crippen LogP contribution in [0.3, 0.4) is 0 Å². The first kappa shape index (κ1) is 29.6. The van der Waals surface area contributed by atoms with E-state index in [4.69, 9.17) is 42.5 Å². The van der Waals surface area contributed by atoms with Crippen molar-refractivity contribution in [2.24, 2.45) is 0 Å². The van der Waals surface area contributed by atoms with Crippen molar-refractivity contribution < 1.29 is 32.8 Å². The summed E-state index contributed by atoms with van der Waals surface area (Å²) in [4.78, 5) is 24.7. The molecule has 1 aliphatic rings. The van der Waals surface area contributed by atoms with Gasteiger partial charge in [0.05, 0.1) is 19.5 Å². The number of rotatable bonds is 11. The highest BCUT2D eigenvalue weighted by Gasteiger charge is 2.58. The lowest BCUT2D eigenvalue weighted by Crippen LogP contribution is -2.42. The molecular formula is C24H29FN7O6PS. The van der Waals surface area contributed by atoms with Crippen LogP contribution >= 0.6 is 6.64 Å². The molecule has 0 aliphatic carbocycles. The average molecular weight is 594 g/mol. The number of para-hydroxylation sites is 1. The van der Waals surface area contributed by atoms with Crippen LogP contribution in [0.15, 0.2) is 36.7 Å². The molecule has 40 heavy (non-hydrogen) atoms. The van der Waals surface area contributed by atoms with Crippen molar-refractivity contribution in [3.8, 4) is 18.1 Å². The fraction of sp³-hybridized carbons (Fsp3) is 0.417. The van der Waals surface area contributed by atoms with Gasteiger partial charge in [-0.05, 0) is 37.8 Å². The largest absolute Gasteiger partial charge is 0.465 e. The van der Waals surface area contributed by atoms with Crippen molar-refractivity contribution >= 4 is 47.3 Å². The number of carbonyl (C=O) groups excluding carboxylic acids is 1. The molecule has 4 rings (SSSR count). The van der Waals surface area contributed by atoms with E-state index in [1.54, 1.807) is 44.3 Å². The Hall–Kier alpha value is -3.38. The Labute approximate surface area is 234 Å². The highest BCUT2D eigenvalue weighted by Crippen LogP contribution is 2.48. The molecule has 0 radical (unpaired) electrons. The van der Waals surface area contributed by atoms with Gasteiger partial charge >= 0.3 is 12.6 Å².